The molecular weight excluding hydrogens is 266 g/mol. The number of ether oxygens (including phenoxy) is 1. The van der Waals surface area contributed by atoms with Crippen LogP contribution < -0.4 is 0 Å². The van der Waals surface area contributed by atoms with Crippen molar-refractivity contribution < 1.29 is 29.0 Å². The van der Waals surface area contributed by atoms with Crippen LogP contribution in [0.5, 0.6) is 0 Å². The lowest BCUT2D eigenvalue weighted by Crippen LogP contribution is -2.35. The van der Waals surface area contributed by atoms with Gasteiger partial charge in [0.25, 0.3) is 11.8 Å². The Labute approximate surface area is 113 Å². The van der Waals surface area contributed by atoms with Crippen molar-refractivity contribution in [1.29, 1.82) is 0 Å². The molecule has 0 fully saturated rings. The zero-order valence-corrected chi connectivity index (χ0v) is 10.6. The Balaban J connectivity index is 2.30. The Bertz CT molecular complexity index is 621. The van der Waals surface area contributed by atoms with Crippen molar-refractivity contribution >= 4 is 23.8 Å². The van der Waals surface area contributed by atoms with Crippen molar-refractivity contribution in [2.24, 2.45) is 0 Å². The summed E-state index contributed by atoms with van der Waals surface area (Å²) < 4.78 is 4.68. The first-order valence-corrected chi connectivity index (χ1v) is 5.85. The zero-order valence-electron chi connectivity index (χ0n) is 10.6. The monoisotopic (exact) mass is 277 g/mol. The second-order valence-electron chi connectivity index (χ2n) is 4.07. The van der Waals surface area contributed by atoms with Gasteiger partial charge in [0, 0.05) is 0 Å². The number of fused-ring (bicyclic) bond motifs is 1. The number of imide groups is 1. The van der Waals surface area contributed by atoms with E-state index >= 15 is 0 Å². The molecule has 104 valence electrons. The lowest BCUT2D eigenvalue weighted by atomic mass is 10.1. The summed E-state index contributed by atoms with van der Waals surface area (Å²) in [6.45, 7) is 1.27. The molecule has 7 heteroatoms. The van der Waals surface area contributed by atoms with Gasteiger partial charge in [-0.05, 0) is 25.1 Å². The number of benzene rings is 1. The van der Waals surface area contributed by atoms with E-state index in [4.69, 9.17) is 5.11 Å². The number of hydrogen-bond donors (Lipinski definition) is 1. The van der Waals surface area contributed by atoms with Crippen molar-refractivity contribution in [3.05, 3.63) is 34.9 Å². The highest BCUT2D eigenvalue weighted by Crippen LogP contribution is 2.23. The van der Waals surface area contributed by atoms with E-state index < -0.39 is 30.3 Å². The summed E-state index contributed by atoms with van der Waals surface area (Å²) >= 11 is 0. The summed E-state index contributed by atoms with van der Waals surface area (Å²) in [5.41, 5.74) is -0.0219. The highest BCUT2D eigenvalue weighted by atomic mass is 16.5. The Morgan fingerprint density at radius 3 is 2.45 bits per heavy atom. The summed E-state index contributed by atoms with van der Waals surface area (Å²) in [5, 5.41) is 8.87. The summed E-state index contributed by atoms with van der Waals surface area (Å²) in [7, 11) is 0. The molecule has 1 aromatic rings. The van der Waals surface area contributed by atoms with Crippen molar-refractivity contribution in [2.45, 2.75) is 6.92 Å². The summed E-state index contributed by atoms with van der Waals surface area (Å²) in [6, 6.07) is 3.63. The number of aromatic carboxylic acids is 1. The second kappa shape index (κ2) is 5.12. The van der Waals surface area contributed by atoms with Gasteiger partial charge in [0.15, 0.2) is 0 Å². The van der Waals surface area contributed by atoms with Crippen LogP contribution in [0.1, 0.15) is 38.0 Å². The summed E-state index contributed by atoms with van der Waals surface area (Å²) in [5.74, 6) is -3.21. The lowest BCUT2D eigenvalue weighted by Gasteiger charge is -2.12. The molecule has 0 aliphatic carbocycles. The standard InChI is InChI=1S/C13H11NO6/c1-2-20-10(15)6-14-11(16)8-4-3-7(13(18)19)5-9(8)12(14)17/h3-5H,2,6H2,1H3,(H,18,19). The third kappa shape index (κ3) is 2.25. The Morgan fingerprint density at radius 2 is 1.85 bits per heavy atom. The minimum atomic E-state index is -1.20. The Kier molecular flexibility index (Phi) is 3.51. The maximum atomic E-state index is 12.0. The Hall–Kier alpha value is -2.70. The molecule has 0 saturated heterocycles. The van der Waals surface area contributed by atoms with Crippen LogP contribution >= 0.6 is 0 Å². The molecule has 1 heterocycles. The average Bonchev–Trinajstić information content (AvgIpc) is 2.64. The summed E-state index contributed by atoms with van der Waals surface area (Å²) in [6.07, 6.45) is 0. The molecule has 0 bridgehead atoms. The fraction of sp³-hybridized carbons (Fsp3) is 0.231. The third-order valence-electron chi connectivity index (χ3n) is 2.81. The number of carboxylic acids is 1. The Morgan fingerprint density at radius 1 is 1.20 bits per heavy atom. The molecule has 0 aromatic heterocycles. The van der Waals surface area contributed by atoms with E-state index in [0.29, 0.717) is 0 Å². The van der Waals surface area contributed by atoms with Gasteiger partial charge in [0.2, 0.25) is 0 Å². The number of esters is 1. The van der Waals surface area contributed by atoms with E-state index in [9.17, 15) is 19.2 Å². The molecule has 1 aliphatic rings. The number of hydrogen-bond acceptors (Lipinski definition) is 5. The van der Waals surface area contributed by atoms with E-state index in [-0.39, 0.29) is 23.3 Å². The van der Waals surface area contributed by atoms with Gasteiger partial charge in [-0.25, -0.2) is 4.79 Å². The fourth-order valence-electron chi connectivity index (χ4n) is 1.90. The van der Waals surface area contributed by atoms with E-state index in [1.54, 1.807) is 6.92 Å². The number of rotatable bonds is 4. The molecule has 7 nitrogen and oxygen atoms in total. The van der Waals surface area contributed by atoms with Gasteiger partial charge >= 0.3 is 11.9 Å². The van der Waals surface area contributed by atoms with E-state index in [1.807, 2.05) is 0 Å². The molecular formula is C13H11NO6. The van der Waals surface area contributed by atoms with Gasteiger partial charge in [-0.15, -0.1) is 0 Å². The molecule has 0 spiro atoms. The first kappa shape index (κ1) is 13.7. The number of carbonyl (C=O) groups excluding carboxylic acids is 3. The predicted octanol–water partition coefficient (Wildman–Crippen LogP) is 0.544. The predicted molar refractivity (Wildman–Crippen MR) is 65.4 cm³/mol. The largest absolute Gasteiger partial charge is 0.478 e. The first-order chi connectivity index (χ1) is 9.45. The van der Waals surface area contributed by atoms with Crippen LogP contribution in [0.15, 0.2) is 18.2 Å². The van der Waals surface area contributed by atoms with Crippen molar-refractivity contribution in [2.75, 3.05) is 13.2 Å². The molecule has 1 aliphatic heterocycles. The highest BCUT2D eigenvalue weighted by molar-refractivity contribution is 6.22. The highest BCUT2D eigenvalue weighted by Gasteiger charge is 2.37. The topological polar surface area (TPSA) is 101 Å². The van der Waals surface area contributed by atoms with Gasteiger partial charge in [-0.2, -0.15) is 0 Å². The fourth-order valence-corrected chi connectivity index (χ4v) is 1.90. The normalized spacial score (nSPS) is 13.3. The SMILES string of the molecule is CCOC(=O)CN1C(=O)c2ccc(C(=O)O)cc2C1=O. The third-order valence-corrected chi connectivity index (χ3v) is 2.81. The van der Waals surface area contributed by atoms with E-state index in [1.165, 1.54) is 12.1 Å². The molecule has 20 heavy (non-hydrogen) atoms. The number of carboxylic acid groups (broad SMARTS) is 1. The molecule has 1 aromatic carbocycles. The quantitative estimate of drug-likeness (QED) is 0.637. The second-order valence-corrected chi connectivity index (χ2v) is 4.07. The average molecular weight is 277 g/mol. The molecule has 0 unspecified atom stereocenters. The van der Waals surface area contributed by atoms with Crippen molar-refractivity contribution in [3.8, 4) is 0 Å². The minimum Gasteiger partial charge on any atom is -0.478 e. The van der Waals surface area contributed by atoms with E-state index in [2.05, 4.69) is 4.74 Å². The van der Waals surface area contributed by atoms with Gasteiger partial charge in [-0.1, -0.05) is 0 Å². The van der Waals surface area contributed by atoms with Gasteiger partial charge in [0.1, 0.15) is 6.54 Å². The van der Waals surface area contributed by atoms with Crippen molar-refractivity contribution in [1.82, 2.24) is 4.90 Å². The maximum Gasteiger partial charge on any atom is 0.335 e. The number of carbonyl (C=O) groups is 4. The van der Waals surface area contributed by atoms with Crippen LogP contribution in [-0.2, 0) is 9.53 Å². The van der Waals surface area contributed by atoms with Crippen LogP contribution in [0.2, 0.25) is 0 Å². The van der Waals surface area contributed by atoms with Crippen LogP contribution in [0, 0.1) is 0 Å². The van der Waals surface area contributed by atoms with Gasteiger partial charge < -0.3 is 9.84 Å². The number of amides is 2. The molecule has 2 amide bonds. The van der Waals surface area contributed by atoms with Gasteiger partial charge in [0.05, 0.1) is 23.3 Å². The zero-order chi connectivity index (χ0) is 14.9. The van der Waals surface area contributed by atoms with Crippen LogP contribution in [0.3, 0.4) is 0 Å². The van der Waals surface area contributed by atoms with Crippen LogP contribution in [-0.4, -0.2) is 46.9 Å². The number of nitrogens with zero attached hydrogens (tertiary/aromatic N) is 1. The summed E-state index contributed by atoms with van der Waals surface area (Å²) in [4.78, 5) is 47.0. The smallest absolute Gasteiger partial charge is 0.335 e. The molecule has 1 N–H and O–H groups in total. The minimum absolute atomic E-state index is 0.0146. The molecule has 0 radical (unpaired) electrons. The molecule has 0 atom stereocenters. The first-order valence-electron chi connectivity index (χ1n) is 5.85. The van der Waals surface area contributed by atoms with E-state index in [0.717, 1.165) is 11.0 Å². The maximum absolute atomic E-state index is 12.0. The molecule has 0 saturated carbocycles. The molecule has 2 rings (SSSR count). The van der Waals surface area contributed by atoms with Gasteiger partial charge in [-0.3, -0.25) is 19.3 Å². The van der Waals surface area contributed by atoms with Crippen LogP contribution in [0.25, 0.3) is 0 Å². The van der Waals surface area contributed by atoms with Crippen molar-refractivity contribution in [3.63, 3.8) is 0 Å². The van der Waals surface area contributed by atoms with Crippen LogP contribution in [0.4, 0.5) is 0 Å². The lowest BCUT2D eigenvalue weighted by molar-refractivity contribution is -0.143.